The number of hydrogen-bond donors (Lipinski definition) is 3. The Labute approximate surface area is 169 Å². The summed E-state index contributed by atoms with van der Waals surface area (Å²) in [6.07, 6.45) is 0. The van der Waals surface area contributed by atoms with Crippen LogP contribution in [0.5, 0.6) is 0 Å². The van der Waals surface area contributed by atoms with Gasteiger partial charge in [0.25, 0.3) is 0 Å². The topological polar surface area (TPSA) is 77.1 Å². The van der Waals surface area contributed by atoms with Crippen LogP contribution in [0.1, 0.15) is 18.3 Å². The molecule has 0 aliphatic carbocycles. The molecule has 5 heteroatoms. The minimum Gasteiger partial charge on any atom is -0.505 e. The van der Waals surface area contributed by atoms with Gasteiger partial charge in [0.15, 0.2) is 11.6 Å². The van der Waals surface area contributed by atoms with E-state index in [0.717, 1.165) is 22.5 Å². The van der Waals surface area contributed by atoms with Gasteiger partial charge in [0.05, 0.1) is 18.1 Å². The summed E-state index contributed by atoms with van der Waals surface area (Å²) in [5, 5.41) is 22.9. The van der Waals surface area contributed by atoms with Crippen molar-refractivity contribution in [3.63, 3.8) is 0 Å². The third-order valence-electron chi connectivity index (χ3n) is 5.44. The SMILES string of the molecule is C[C@@H](/C(O)=C(\C#N)c1nc2ccccc2[nH]1)[NH+](C)Cc1ccc2ccccc2c1. The lowest BCUT2D eigenvalue weighted by atomic mass is 10.1. The number of hydrogen-bond acceptors (Lipinski definition) is 3. The molecular weight excluding hydrogens is 360 g/mol. The molecule has 0 spiro atoms. The number of likely N-dealkylation sites (N-methyl/N-ethyl adjacent to an activating group) is 1. The number of benzene rings is 3. The molecule has 4 rings (SSSR count). The predicted molar refractivity (Wildman–Crippen MR) is 115 cm³/mol. The Hall–Kier alpha value is -3.62. The van der Waals surface area contributed by atoms with Crippen LogP contribution in [0.15, 0.2) is 72.5 Å². The van der Waals surface area contributed by atoms with Crippen molar-refractivity contribution in [3.05, 3.63) is 83.9 Å². The largest absolute Gasteiger partial charge is 0.505 e. The average molecular weight is 383 g/mol. The second-order valence-electron chi connectivity index (χ2n) is 7.40. The third-order valence-corrected chi connectivity index (χ3v) is 5.44. The Morgan fingerprint density at radius 1 is 1.10 bits per heavy atom. The Balaban J connectivity index is 1.60. The van der Waals surface area contributed by atoms with Gasteiger partial charge >= 0.3 is 0 Å². The predicted octanol–water partition coefficient (Wildman–Crippen LogP) is 3.61. The molecule has 3 N–H and O–H groups in total. The molecule has 29 heavy (non-hydrogen) atoms. The minimum atomic E-state index is -0.260. The maximum Gasteiger partial charge on any atom is 0.172 e. The highest BCUT2D eigenvalue weighted by atomic mass is 16.3. The molecule has 0 fully saturated rings. The standard InChI is InChI=1S/C24H22N4O/c1-16(28(2)15-17-11-12-18-7-3-4-8-19(18)13-17)23(29)20(14-25)24-26-21-9-5-6-10-22(21)27-24/h3-13,16,29H,15H2,1-2H3,(H,26,27)/p+1/b23-20-/t16-/m0/s1. The number of nitrogens with zero attached hydrogens (tertiary/aromatic N) is 2. The van der Waals surface area contributed by atoms with Crippen LogP contribution < -0.4 is 4.90 Å². The minimum absolute atomic E-state index is 0.0462. The number of rotatable bonds is 5. The third kappa shape index (κ3) is 3.71. The molecule has 0 aliphatic heterocycles. The monoisotopic (exact) mass is 383 g/mol. The van der Waals surface area contributed by atoms with Crippen LogP contribution in [-0.4, -0.2) is 28.2 Å². The molecule has 1 aromatic heterocycles. The van der Waals surface area contributed by atoms with Crippen molar-refractivity contribution in [2.24, 2.45) is 0 Å². The van der Waals surface area contributed by atoms with Gasteiger partial charge < -0.3 is 15.0 Å². The maximum absolute atomic E-state index is 10.9. The van der Waals surface area contributed by atoms with E-state index >= 15 is 0 Å². The van der Waals surface area contributed by atoms with Gasteiger partial charge in [0.1, 0.15) is 24.2 Å². The van der Waals surface area contributed by atoms with Crippen LogP contribution in [0.25, 0.3) is 27.4 Å². The molecule has 0 saturated heterocycles. The van der Waals surface area contributed by atoms with Crippen LogP contribution >= 0.6 is 0 Å². The lowest BCUT2D eigenvalue weighted by Crippen LogP contribution is -3.11. The van der Waals surface area contributed by atoms with E-state index in [0.29, 0.717) is 5.82 Å². The first kappa shape index (κ1) is 18.7. The van der Waals surface area contributed by atoms with Crippen LogP contribution in [0.4, 0.5) is 0 Å². The van der Waals surface area contributed by atoms with E-state index in [1.807, 2.05) is 50.4 Å². The Morgan fingerprint density at radius 2 is 1.83 bits per heavy atom. The summed E-state index contributed by atoms with van der Waals surface area (Å²) in [7, 11) is 2.02. The molecule has 0 aliphatic rings. The average Bonchev–Trinajstić information content (AvgIpc) is 3.17. The van der Waals surface area contributed by atoms with Gasteiger partial charge in [-0.25, -0.2) is 4.98 Å². The number of aromatic amines is 1. The molecule has 1 unspecified atom stereocenters. The highest BCUT2D eigenvalue weighted by Crippen LogP contribution is 2.20. The molecule has 144 valence electrons. The number of H-pyrrole nitrogens is 1. The first-order chi connectivity index (χ1) is 14.1. The molecule has 0 saturated carbocycles. The Bertz CT molecular complexity index is 1220. The second kappa shape index (κ2) is 7.78. The summed E-state index contributed by atoms with van der Waals surface area (Å²) in [5.74, 6) is 0.446. The number of allylic oxidation sites excluding steroid dienone is 1. The zero-order valence-corrected chi connectivity index (χ0v) is 16.5. The second-order valence-corrected chi connectivity index (χ2v) is 7.40. The van der Waals surface area contributed by atoms with Gasteiger partial charge in [0, 0.05) is 5.56 Å². The number of para-hydroxylation sites is 2. The van der Waals surface area contributed by atoms with Crippen LogP contribution in [0, 0.1) is 11.3 Å². The molecule has 1 heterocycles. The van der Waals surface area contributed by atoms with Gasteiger partial charge in [-0.2, -0.15) is 5.26 Å². The van der Waals surface area contributed by atoms with Gasteiger partial charge in [-0.1, -0.05) is 48.5 Å². The fourth-order valence-corrected chi connectivity index (χ4v) is 3.58. The van der Waals surface area contributed by atoms with Crippen molar-refractivity contribution < 1.29 is 10.0 Å². The molecule has 0 radical (unpaired) electrons. The first-order valence-corrected chi connectivity index (χ1v) is 9.65. The van der Waals surface area contributed by atoms with Crippen molar-refractivity contribution in [2.45, 2.75) is 19.5 Å². The Morgan fingerprint density at radius 3 is 2.59 bits per heavy atom. The normalized spacial score (nSPS) is 14.4. The van der Waals surface area contributed by atoms with E-state index in [4.69, 9.17) is 0 Å². The number of nitriles is 1. The Kier molecular flexibility index (Phi) is 5.03. The zero-order chi connectivity index (χ0) is 20.4. The molecule has 3 aromatic carbocycles. The van der Waals surface area contributed by atoms with Crippen molar-refractivity contribution in [1.29, 1.82) is 5.26 Å². The number of fused-ring (bicyclic) bond motifs is 2. The molecule has 5 nitrogen and oxygen atoms in total. The van der Waals surface area contributed by atoms with E-state index in [1.165, 1.54) is 16.3 Å². The quantitative estimate of drug-likeness (QED) is 0.364. The fourth-order valence-electron chi connectivity index (χ4n) is 3.58. The number of quaternary nitrogens is 1. The summed E-state index contributed by atoms with van der Waals surface area (Å²) >= 11 is 0. The number of nitrogens with one attached hydrogen (secondary N) is 2. The van der Waals surface area contributed by atoms with Crippen LogP contribution in [0.2, 0.25) is 0 Å². The summed E-state index contributed by atoms with van der Waals surface area (Å²) in [6, 6.07) is 24.1. The van der Waals surface area contributed by atoms with Crippen molar-refractivity contribution in [2.75, 3.05) is 7.05 Å². The van der Waals surface area contributed by atoms with Crippen molar-refractivity contribution in [1.82, 2.24) is 9.97 Å². The molecule has 4 aromatic rings. The molecule has 0 bridgehead atoms. The van der Waals surface area contributed by atoms with E-state index < -0.39 is 0 Å². The van der Waals surface area contributed by atoms with Gasteiger partial charge in [0.2, 0.25) is 0 Å². The highest BCUT2D eigenvalue weighted by molar-refractivity contribution is 5.83. The highest BCUT2D eigenvalue weighted by Gasteiger charge is 2.24. The summed E-state index contributed by atoms with van der Waals surface area (Å²) in [6.45, 7) is 2.65. The summed E-state index contributed by atoms with van der Waals surface area (Å²) in [4.78, 5) is 8.67. The lowest BCUT2D eigenvalue weighted by molar-refractivity contribution is -0.913. The summed E-state index contributed by atoms with van der Waals surface area (Å²) < 4.78 is 0. The van der Waals surface area contributed by atoms with Gasteiger partial charge in [-0.05, 0) is 35.9 Å². The smallest absolute Gasteiger partial charge is 0.172 e. The van der Waals surface area contributed by atoms with E-state index in [-0.39, 0.29) is 17.4 Å². The van der Waals surface area contributed by atoms with Crippen LogP contribution in [-0.2, 0) is 6.54 Å². The number of aliphatic hydroxyl groups is 1. The lowest BCUT2D eigenvalue weighted by Gasteiger charge is -2.22. The molecule has 2 atom stereocenters. The zero-order valence-electron chi connectivity index (χ0n) is 16.5. The van der Waals surface area contributed by atoms with E-state index in [2.05, 4.69) is 46.4 Å². The van der Waals surface area contributed by atoms with Crippen molar-refractivity contribution >= 4 is 27.4 Å². The number of aromatic nitrogens is 2. The first-order valence-electron chi connectivity index (χ1n) is 9.65. The molecular formula is C24H23N4O+. The van der Waals surface area contributed by atoms with E-state index in [9.17, 15) is 10.4 Å². The van der Waals surface area contributed by atoms with Crippen molar-refractivity contribution in [3.8, 4) is 6.07 Å². The fraction of sp³-hybridized carbons (Fsp3) is 0.167. The summed E-state index contributed by atoms with van der Waals surface area (Å²) in [5.41, 5.74) is 2.98. The maximum atomic E-state index is 10.9. The molecule has 0 amide bonds. The number of imidazole rings is 1. The van der Waals surface area contributed by atoms with E-state index in [1.54, 1.807) is 0 Å². The van der Waals surface area contributed by atoms with Crippen LogP contribution in [0.3, 0.4) is 0 Å². The van der Waals surface area contributed by atoms with Gasteiger partial charge in [-0.15, -0.1) is 0 Å². The van der Waals surface area contributed by atoms with Gasteiger partial charge in [-0.3, -0.25) is 0 Å². The number of aliphatic hydroxyl groups excluding tert-OH is 1.